The zero-order valence-corrected chi connectivity index (χ0v) is 13.1. The van der Waals surface area contributed by atoms with E-state index in [-0.39, 0.29) is 0 Å². The van der Waals surface area contributed by atoms with Gasteiger partial charge in [0.05, 0.1) is 6.21 Å². The van der Waals surface area contributed by atoms with Gasteiger partial charge in [-0.15, -0.1) is 0 Å². The second-order valence-corrected chi connectivity index (χ2v) is 5.12. The molecule has 0 bridgehead atoms. The number of pyridine rings is 1. The average Bonchev–Trinajstić information content (AvgIpc) is 2.60. The number of nitrogens with one attached hydrogen (secondary N) is 1. The van der Waals surface area contributed by atoms with E-state index in [0.717, 1.165) is 22.4 Å². The third kappa shape index (κ3) is 3.58. The molecule has 3 rings (SSSR count). The summed E-state index contributed by atoms with van der Waals surface area (Å²) in [5.74, 6) is 1.40. The zero-order chi connectivity index (χ0) is 16.1. The van der Waals surface area contributed by atoms with Crippen LogP contribution < -0.4 is 5.43 Å². The molecule has 1 aromatic carbocycles. The summed E-state index contributed by atoms with van der Waals surface area (Å²) in [6, 6.07) is 13.7. The molecule has 0 radical (unpaired) electrons. The number of hydrogen-bond donors (Lipinski definition) is 1. The average molecular weight is 303 g/mol. The van der Waals surface area contributed by atoms with E-state index in [9.17, 15) is 0 Å². The Morgan fingerprint density at radius 1 is 0.957 bits per heavy atom. The van der Waals surface area contributed by atoms with Crippen molar-refractivity contribution in [1.29, 1.82) is 0 Å². The standard InChI is InChI=1S/C18H17N5/c1-13-14(2)21-18(16-6-4-3-5-7-16)22-17(13)23-20-12-15-8-10-19-11-9-15/h3-12H,1-2H3,(H,21,22,23). The molecule has 2 aromatic heterocycles. The van der Waals surface area contributed by atoms with Crippen molar-refractivity contribution in [2.75, 3.05) is 5.43 Å². The Hall–Kier alpha value is -3.08. The van der Waals surface area contributed by atoms with Crippen LogP contribution in [0.3, 0.4) is 0 Å². The molecule has 5 nitrogen and oxygen atoms in total. The third-order valence-electron chi connectivity index (χ3n) is 3.51. The number of hydrazone groups is 1. The lowest BCUT2D eigenvalue weighted by Gasteiger charge is -2.09. The normalized spacial score (nSPS) is 10.9. The molecule has 1 N–H and O–H groups in total. The molecule has 5 heteroatoms. The molecule has 0 saturated carbocycles. The van der Waals surface area contributed by atoms with Crippen LogP contribution >= 0.6 is 0 Å². The molecular weight excluding hydrogens is 286 g/mol. The van der Waals surface area contributed by atoms with Crippen molar-refractivity contribution < 1.29 is 0 Å². The molecule has 0 spiro atoms. The van der Waals surface area contributed by atoms with Crippen LogP contribution in [0, 0.1) is 13.8 Å². The maximum absolute atomic E-state index is 4.59. The molecule has 0 atom stereocenters. The fraction of sp³-hybridized carbons (Fsp3) is 0.111. The molecule has 0 fully saturated rings. The number of hydrogen-bond acceptors (Lipinski definition) is 5. The van der Waals surface area contributed by atoms with E-state index in [1.807, 2.05) is 56.3 Å². The lowest BCUT2D eigenvalue weighted by Crippen LogP contribution is -2.03. The van der Waals surface area contributed by atoms with Crippen LogP contribution in [0.5, 0.6) is 0 Å². The maximum atomic E-state index is 4.59. The second kappa shape index (κ2) is 6.79. The van der Waals surface area contributed by atoms with Crippen LogP contribution in [0.25, 0.3) is 11.4 Å². The van der Waals surface area contributed by atoms with Crippen molar-refractivity contribution in [3.05, 3.63) is 71.7 Å². The van der Waals surface area contributed by atoms with Gasteiger partial charge in [-0.3, -0.25) is 10.4 Å². The first-order valence-electron chi connectivity index (χ1n) is 7.34. The van der Waals surface area contributed by atoms with Gasteiger partial charge in [-0.2, -0.15) is 5.10 Å². The zero-order valence-electron chi connectivity index (χ0n) is 13.1. The summed E-state index contributed by atoms with van der Waals surface area (Å²) in [7, 11) is 0. The summed E-state index contributed by atoms with van der Waals surface area (Å²) in [4.78, 5) is 13.1. The Bertz CT molecular complexity index is 814. The van der Waals surface area contributed by atoms with E-state index in [4.69, 9.17) is 0 Å². The fourth-order valence-corrected chi connectivity index (χ4v) is 2.07. The van der Waals surface area contributed by atoms with Crippen molar-refractivity contribution in [3.8, 4) is 11.4 Å². The first-order chi connectivity index (χ1) is 11.2. The van der Waals surface area contributed by atoms with Crippen molar-refractivity contribution >= 4 is 12.0 Å². The van der Waals surface area contributed by atoms with Gasteiger partial charge in [0.1, 0.15) is 0 Å². The molecule has 0 unspecified atom stereocenters. The summed E-state index contributed by atoms with van der Waals surface area (Å²) in [6.45, 7) is 3.95. The second-order valence-electron chi connectivity index (χ2n) is 5.12. The summed E-state index contributed by atoms with van der Waals surface area (Å²) in [6.07, 6.45) is 5.20. The molecule has 0 aliphatic rings. The first kappa shape index (κ1) is 14.8. The van der Waals surface area contributed by atoms with Crippen LogP contribution in [-0.4, -0.2) is 21.2 Å². The van der Waals surface area contributed by atoms with Crippen LogP contribution in [-0.2, 0) is 0 Å². The van der Waals surface area contributed by atoms with Crippen molar-refractivity contribution in [3.63, 3.8) is 0 Å². The molecule has 3 aromatic rings. The van der Waals surface area contributed by atoms with Gasteiger partial charge < -0.3 is 0 Å². The highest BCUT2D eigenvalue weighted by atomic mass is 15.3. The van der Waals surface area contributed by atoms with Crippen LogP contribution in [0.4, 0.5) is 5.82 Å². The van der Waals surface area contributed by atoms with Crippen molar-refractivity contribution in [2.45, 2.75) is 13.8 Å². The molecule has 0 aliphatic carbocycles. The Balaban J connectivity index is 1.87. The van der Waals surface area contributed by atoms with E-state index in [1.165, 1.54) is 0 Å². The summed E-state index contributed by atoms with van der Waals surface area (Å²) >= 11 is 0. The van der Waals surface area contributed by atoms with Gasteiger partial charge in [0.25, 0.3) is 0 Å². The third-order valence-corrected chi connectivity index (χ3v) is 3.51. The first-order valence-corrected chi connectivity index (χ1v) is 7.34. The lowest BCUT2D eigenvalue weighted by molar-refractivity contribution is 1.06. The van der Waals surface area contributed by atoms with Gasteiger partial charge in [0.15, 0.2) is 11.6 Å². The summed E-state index contributed by atoms with van der Waals surface area (Å²) in [5.41, 5.74) is 6.88. The van der Waals surface area contributed by atoms with Gasteiger partial charge in [0.2, 0.25) is 0 Å². The smallest absolute Gasteiger partial charge is 0.161 e. The quantitative estimate of drug-likeness (QED) is 0.591. The molecular formula is C18H17N5. The van der Waals surface area contributed by atoms with E-state index < -0.39 is 0 Å². The molecule has 23 heavy (non-hydrogen) atoms. The van der Waals surface area contributed by atoms with Crippen molar-refractivity contribution in [2.24, 2.45) is 5.10 Å². The fourth-order valence-electron chi connectivity index (χ4n) is 2.07. The van der Waals surface area contributed by atoms with Gasteiger partial charge in [-0.25, -0.2) is 9.97 Å². The molecule has 114 valence electrons. The van der Waals surface area contributed by atoms with E-state index in [2.05, 4.69) is 25.5 Å². The van der Waals surface area contributed by atoms with Crippen LogP contribution in [0.15, 0.2) is 60.0 Å². The summed E-state index contributed by atoms with van der Waals surface area (Å²) in [5, 5.41) is 4.26. The molecule has 0 amide bonds. The topological polar surface area (TPSA) is 63.1 Å². The largest absolute Gasteiger partial charge is 0.265 e. The highest BCUT2D eigenvalue weighted by Gasteiger charge is 2.08. The SMILES string of the molecule is Cc1nc(-c2ccccc2)nc(NN=Cc2ccncc2)c1C. The minimum Gasteiger partial charge on any atom is -0.265 e. The van der Waals surface area contributed by atoms with Crippen molar-refractivity contribution in [1.82, 2.24) is 15.0 Å². The Morgan fingerprint density at radius 3 is 2.43 bits per heavy atom. The number of benzene rings is 1. The molecule has 0 aliphatic heterocycles. The summed E-state index contributed by atoms with van der Waals surface area (Å²) < 4.78 is 0. The number of aromatic nitrogens is 3. The Morgan fingerprint density at radius 2 is 1.70 bits per heavy atom. The number of rotatable bonds is 4. The van der Waals surface area contributed by atoms with Gasteiger partial charge >= 0.3 is 0 Å². The highest BCUT2D eigenvalue weighted by molar-refractivity contribution is 5.79. The maximum Gasteiger partial charge on any atom is 0.161 e. The Labute approximate surface area is 135 Å². The minimum absolute atomic E-state index is 0.690. The monoisotopic (exact) mass is 303 g/mol. The number of nitrogens with zero attached hydrogens (tertiary/aromatic N) is 4. The predicted octanol–water partition coefficient (Wildman–Crippen LogP) is 3.60. The number of anilines is 1. The van der Waals surface area contributed by atoms with Gasteiger partial charge in [0, 0.05) is 29.2 Å². The van der Waals surface area contributed by atoms with Crippen LogP contribution in [0.2, 0.25) is 0 Å². The predicted molar refractivity (Wildman–Crippen MR) is 92.4 cm³/mol. The minimum atomic E-state index is 0.690. The molecule has 2 heterocycles. The molecule has 0 saturated heterocycles. The van der Waals surface area contributed by atoms with Gasteiger partial charge in [-0.1, -0.05) is 30.3 Å². The Kier molecular flexibility index (Phi) is 4.38. The van der Waals surface area contributed by atoms with Gasteiger partial charge in [-0.05, 0) is 31.5 Å². The van der Waals surface area contributed by atoms with E-state index in [0.29, 0.717) is 11.6 Å². The number of aryl methyl sites for hydroxylation is 1. The van der Waals surface area contributed by atoms with Crippen LogP contribution in [0.1, 0.15) is 16.8 Å². The highest BCUT2D eigenvalue weighted by Crippen LogP contribution is 2.21. The van der Waals surface area contributed by atoms with E-state index >= 15 is 0 Å². The van der Waals surface area contributed by atoms with E-state index in [1.54, 1.807) is 18.6 Å². The lowest BCUT2D eigenvalue weighted by atomic mass is 10.2.